The van der Waals surface area contributed by atoms with Gasteiger partial charge in [0.1, 0.15) is 5.69 Å². The summed E-state index contributed by atoms with van der Waals surface area (Å²) in [5.41, 5.74) is 3.86. The van der Waals surface area contributed by atoms with Crippen molar-refractivity contribution in [3.8, 4) is 17.3 Å². The maximum Gasteiger partial charge on any atom is 0.405 e. The highest BCUT2D eigenvalue weighted by Crippen LogP contribution is 2.34. The van der Waals surface area contributed by atoms with Crippen molar-refractivity contribution in [2.45, 2.75) is 12.5 Å². The number of benzene rings is 2. The van der Waals surface area contributed by atoms with Gasteiger partial charge in [-0.1, -0.05) is 35.5 Å². The Morgan fingerprint density at radius 3 is 2.76 bits per heavy atom. The second-order valence-electron chi connectivity index (χ2n) is 6.47. The molecule has 0 saturated heterocycles. The van der Waals surface area contributed by atoms with Crippen LogP contribution in [-0.4, -0.2) is 21.3 Å². The molecule has 0 spiro atoms. The summed E-state index contributed by atoms with van der Waals surface area (Å²) >= 11 is 0. The zero-order valence-corrected chi connectivity index (χ0v) is 15.2. The number of fused-ring (bicyclic) bond motifs is 1. The van der Waals surface area contributed by atoms with Gasteiger partial charge in [0.15, 0.2) is 5.58 Å². The summed E-state index contributed by atoms with van der Waals surface area (Å²) in [6, 6.07) is 19.7. The van der Waals surface area contributed by atoms with E-state index in [1.807, 2.05) is 42.5 Å². The minimum atomic E-state index is -1.12. The van der Waals surface area contributed by atoms with E-state index in [4.69, 9.17) is 9.78 Å². The Morgan fingerprint density at radius 2 is 2.00 bits per heavy atom. The molecule has 0 aliphatic heterocycles. The van der Waals surface area contributed by atoms with Crippen molar-refractivity contribution in [1.29, 1.82) is 5.26 Å². The van der Waals surface area contributed by atoms with Crippen molar-refractivity contribution in [3.05, 3.63) is 83.7 Å². The Morgan fingerprint density at radius 1 is 1.17 bits per heavy atom. The van der Waals surface area contributed by atoms with E-state index in [1.54, 1.807) is 24.4 Å². The number of pyridine rings is 1. The Kier molecular flexibility index (Phi) is 4.91. The molecule has 29 heavy (non-hydrogen) atoms. The van der Waals surface area contributed by atoms with Crippen LogP contribution in [0.15, 0.2) is 71.4 Å². The third kappa shape index (κ3) is 3.77. The third-order valence-electron chi connectivity index (χ3n) is 4.63. The zero-order valence-electron chi connectivity index (χ0n) is 15.2. The number of hydrogen-bond acceptors (Lipinski definition) is 5. The minimum absolute atomic E-state index is 0.387. The second kappa shape index (κ2) is 7.82. The summed E-state index contributed by atoms with van der Waals surface area (Å²) in [5, 5.41) is 26.0. The van der Waals surface area contributed by atoms with Gasteiger partial charge in [-0.05, 0) is 29.8 Å². The SMILES string of the molecule is N#Cc1ccc2c(-c3ccccc3[C@H](Cc3ccccn3)NC(=O)O)noc2c1. The molecule has 0 radical (unpaired) electrons. The number of aromatic nitrogens is 2. The molecule has 0 unspecified atom stereocenters. The Hall–Kier alpha value is -4.18. The quantitative estimate of drug-likeness (QED) is 0.530. The van der Waals surface area contributed by atoms with Crippen LogP contribution in [0.1, 0.15) is 22.9 Å². The fraction of sp³-hybridized carbons (Fsp3) is 0.0909. The summed E-state index contributed by atoms with van der Waals surface area (Å²) in [4.78, 5) is 15.8. The minimum Gasteiger partial charge on any atom is -0.465 e. The van der Waals surface area contributed by atoms with Gasteiger partial charge in [0.2, 0.25) is 0 Å². The number of amides is 1. The van der Waals surface area contributed by atoms with Crippen molar-refractivity contribution < 1.29 is 14.4 Å². The molecule has 2 N–H and O–H groups in total. The van der Waals surface area contributed by atoms with Crippen molar-refractivity contribution in [3.63, 3.8) is 0 Å². The molecule has 4 rings (SSSR count). The normalized spacial score (nSPS) is 11.7. The average molecular weight is 384 g/mol. The van der Waals surface area contributed by atoms with E-state index in [-0.39, 0.29) is 0 Å². The molecule has 0 aliphatic rings. The maximum atomic E-state index is 11.5. The van der Waals surface area contributed by atoms with Crippen molar-refractivity contribution >= 4 is 17.1 Å². The predicted octanol–water partition coefficient (Wildman–Crippen LogP) is 4.31. The van der Waals surface area contributed by atoms with Crippen molar-refractivity contribution in [2.75, 3.05) is 0 Å². The van der Waals surface area contributed by atoms with Crippen LogP contribution in [0.3, 0.4) is 0 Å². The van der Waals surface area contributed by atoms with Crippen molar-refractivity contribution in [1.82, 2.24) is 15.5 Å². The molecule has 0 saturated carbocycles. The lowest BCUT2D eigenvalue weighted by molar-refractivity contribution is 0.190. The van der Waals surface area contributed by atoms with Gasteiger partial charge in [-0.15, -0.1) is 0 Å². The first-order chi connectivity index (χ1) is 14.2. The van der Waals surface area contributed by atoms with E-state index in [1.165, 1.54) is 0 Å². The van der Waals surface area contributed by atoms with Gasteiger partial charge in [0.05, 0.1) is 17.7 Å². The van der Waals surface area contributed by atoms with Crippen LogP contribution in [0.4, 0.5) is 4.79 Å². The second-order valence-corrected chi connectivity index (χ2v) is 6.47. The van der Waals surface area contributed by atoms with E-state index in [0.717, 1.165) is 22.2 Å². The highest BCUT2D eigenvalue weighted by molar-refractivity contribution is 5.93. The lowest BCUT2D eigenvalue weighted by atomic mass is 9.93. The van der Waals surface area contributed by atoms with E-state index < -0.39 is 12.1 Å². The molecule has 2 aromatic carbocycles. The number of carboxylic acid groups (broad SMARTS) is 1. The molecule has 4 aromatic rings. The van der Waals surface area contributed by atoms with Crippen molar-refractivity contribution in [2.24, 2.45) is 0 Å². The van der Waals surface area contributed by atoms with E-state index in [2.05, 4.69) is 21.5 Å². The van der Waals surface area contributed by atoms with Crippen LogP contribution in [0.25, 0.3) is 22.2 Å². The number of hydrogen-bond donors (Lipinski definition) is 2. The van der Waals surface area contributed by atoms with Crippen LogP contribution in [0.5, 0.6) is 0 Å². The van der Waals surface area contributed by atoms with Crippen LogP contribution in [0, 0.1) is 11.3 Å². The number of carbonyl (C=O) groups is 1. The average Bonchev–Trinajstić information content (AvgIpc) is 3.16. The summed E-state index contributed by atoms with van der Waals surface area (Å²) < 4.78 is 5.43. The number of nitrogens with zero attached hydrogens (tertiary/aromatic N) is 3. The molecular formula is C22H16N4O3. The summed E-state index contributed by atoms with van der Waals surface area (Å²) in [6.07, 6.45) is 0.944. The summed E-state index contributed by atoms with van der Waals surface area (Å²) in [5.74, 6) is 0. The Balaban J connectivity index is 1.80. The molecule has 142 valence electrons. The molecular weight excluding hydrogens is 368 g/mol. The molecule has 1 amide bonds. The number of nitriles is 1. The number of nitrogens with one attached hydrogen (secondary N) is 1. The fourth-order valence-electron chi connectivity index (χ4n) is 3.33. The zero-order chi connectivity index (χ0) is 20.2. The van der Waals surface area contributed by atoms with Crippen LogP contribution < -0.4 is 5.32 Å². The predicted molar refractivity (Wildman–Crippen MR) is 106 cm³/mol. The Bertz CT molecular complexity index is 1210. The molecule has 7 heteroatoms. The molecule has 0 bridgehead atoms. The van der Waals surface area contributed by atoms with Crippen LogP contribution in [-0.2, 0) is 6.42 Å². The highest BCUT2D eigenvalue weighted by Gasteiger charge is 2.22. The van der Waals surface area contributed by atoms with Gasteiger partial charge in [-0.2, -0.15) is 5.26 Å². The highest BCUT2D eigenvalue weighted by atomic mass is 16.5. The molecule has 7 nitrogen and oxygen atoms in total. The van der Waals surface area contributed by atoms with E-state index in [0.29, 0.717) is 23.3 Å². The molecule has 0 aliphatic carbocycles. The molecule has 0 fully saturated rings. The van der Waals surface area contributed by atoms with Gasteiger partial charge in [0, 0.05) is 35.3 Å². The van der Waals surface area contributed by atoms with Crippen LogP contribution >= 0.6 is 0 Å². The Labute approximate surface area is 166 Å². The van der Waals surface area contributed by atoms with E-state index in [9.17, 15) is 9.90 Å². The maximum absolute atomic E-state index is 11.5. The van der Waals surface area contributed by atoms with Gasteiger partial charge in [-0.3, -0.25) is 4.98 Å². The van der Waals surface area contributed by atoms with Gasteiger partial charge < -0.3 is 14.9 Å². The lowest BCUT2D eigenvalue weighted by Gasteiger charge is -2.20. The molecule has 2 heterocycles. The van der Waals surface area contributed by atoms with Gasteiger partial charge >= 0.3 is 6.09 Å². The fourth-order valence-corrected chi connectivity index (χ4v) is 3.33. The smallest absolute Gasteiger partial charge is 0.405 e. The monoisotopic (exact) mass is 384 g/mol. The first-order valence-electron chi connectivity index (χ1n) is 8.94. The molecule has 1 atom stereocenters. The first kappa shape index (κ1) is 18.2. The standard InChI is InChI=1S/C22H16N4O3/c23-13-14-8-9-18-20(11-14)29-26-21(18)17-7-2-1-6-16(17)19(25-22(27)28)12-15-5-3-4-10-24-15/h1-11,19,25H,12H2,(H,27,28)/t19-/m0/s1. The first-order valence-corrected chi connectivity index (χ1v) is 8.94. The topological polar surface area (TPSA) is 112 Å². The summed E-state index contributed by atoms with van der Waals surface area (Å²) in [7, 11) is 0. The molecule has 2 aromatic heterocycles. The van der Waals surface area contributed by atoms with Gasteiger partial charge in [0.25, 0.3) is 0 Å². The third-order valence-corrected chi connectivity index (χ3v) is 4.63. The lowest BCUT2D eigenvalue weighted by Crippen LogP contribution is -2.29. The van der Waals surface area contributed by atoms with Gasteiger partial charge in [-0.25, -0.2) is 4.79 Å². The van der Waals surface area contributed by atoms with Crippen LogP contribution in [0.2, 0.25) is 0 Å². The largest absolute Gasteiger partial charge is 0.465 e. The number of rotatable bonds is 5. The summed E-state index contributed by atoms with van der Waals surface area (Å²) in [6.45, 7) is 0. The van der Waals surface area contributed by atoms with E-state index >= 15 is 0 Å².